The summed E-state index contributed by atoms with van der Waals surface area (Å²) < 4.78 is 0. The van der Waals surface area contributed by atoms with Crippen molar-refractivity contribution in [2.45, 2.75) is 65.2 Å². The van der Waals surface area contributed by atoms with Crippen molar-refractivity contribution in [1.82, 2.24) is 0 Å². The molecule has 0 heterocycles. The topological polar surface area (TPSA) is 0 Å². The average molecular weight is 205 g/mol. The zero-order valence-electron chi connectivity index (χ0n) is 9.65. The molecule has 0 nitrogen and oxygen atoms in total. The van der Waals surface area contributed by atoms with Crippen molar-refractivity contribution < 1.29 is 0 Å². The molecule has 0 N–H and O–H groups in total. The van der Waals surface area contributed by atoms with E-state index in [0.29, 0.717) is 11.3 Å². The maximum Gasteiger partial charge on any atom is 0.0333 e. The zero-order valence-corrected chi connectivity index (χ0v) is 10.4. The third-order valence-corrected chi connectivity index (χ3v) is 3.46. The summed E-state index contributed by atoms with van der Waals surface area (Å²) in [4.78, 5) is 0. The molecule has 0 saturated heterocycles. The molecular formula is C12H25Cl. The van der Waals surface area contributed by atoms with E-state index in [4.69, 9.17) is 11.6 Å². The van der Waals surface area contributed by atoms with Crippen LogP contribution >= 0.6 is 11.6 Å². The van der Waals surface area contributed by atoms with Gasteiger partial charge in [-0.25, -0.2) is 0 Å². The van der Waals surface area contributed by atoms with Crippen LogP contribution in [0, 0.1) is 11.8 Å². The predicted molar refractivity (Wildman–Crippen MR) is 62.4 cm³/mol. The van der Waals surface area contributed by atoms with Gasteiger partial charge in [-0.1, -0.05) is 46.5 Å². The third kappa shape index (κ3) is 6.37. The van der Waals surface area contributed by atoms with Gasteiger partial charge >= 0.3 is 0 Å². The second-order valence-corrected chi connectivity index (χ2v) is 5.00. The number of halogens is 1. The van der Waals surface area contributed by atoms with Crippen LogP contribution in [0.2, 0.25) is 0 Å². The van der Waals surface area contributed by atoms with Gasteiger partial charge in [-0.15, -0.1) is 11.6 Å². The first kappa shape index (κ1) is 13.3. The fourth-order valence-electron chi connectivity index (χ4n) is 1.69. The minimum atomic E-state index is 0.329. The highest BCUT2D eigenvalue weighted by atomic mass is 35.5. The van der Waals surface area contributed by atoms with E-state index in [1.807, 2.05) is 0 Å². The van der Waals surface area contributed by atoms with Crippen LogP contribution in [0.4, 0.5) is 0 Å². The first-order valence-corrected chi connectivity index (χ1v) is 6.19. The van der Waals surface area contributed by atoms with Crippen molar-refractivity contribution in [2.24, 2.45) is 11.8 Å². The Labute approximate surface area is 89.1 Å². The van der Waals surface area contributed by atoms with Gasteiger partial charge in [0.25, 0.3) is 0 Å². The molecule has 0 saturated carbocycles. The van der Waals surface area contributed by atoms with E-state index in [1.165, 1.54) is 32.1 Å². The Bertz CT molecular complexity index is 110. The van der Waals surface area contributed by atoms with Crippen LogP contribution in [0.1, 0.15) is 59.8 Å². The van der Waals surface area contributed by atoms with Gasteiger partial charge in [-0.3, -0.25) is 0 Å². The molecule has 13 heavy (non-hydrogen) atoms. The Kier molecular flexibility index (Phi) is 7.84. The third-order valence-electron chi connectivity index (χ3n) is 3.03. The molecule has 0 aromatic rings. The fourth-order valence-corrected chi connectivity index (χ4v) is 1.80. The van der Waals surface area contributed by atoms with Crippen molar-refractivity contribution in [3.8, 4) is 0 Å². The second-order valence-electron chi connectivity index (χ2n) is 4.31. The highest BCUT2D eigenvalue weighted by Crippen LogP contribution is 2.25. The van der Waals surface area contributed by atoms with Crippen molar-refractivity contribution in [3.05, 3.63) is 0 Å². The zero-order chi connectivity index (χ0) is 10.3. The van der Waals surface area contributed by atoms with Crippen LogP contribution in [0.15, 0.2) is 0 Å². The monoisotopic (exact) mass is 204 g/mol. The average Bonchev–Trinajstić information content (AvgIpc) is 2.11. The van der Waals surface area contributed by atoms with Crippen LogP contribution in [-0.2, 0) is 0 Å². The molecule has 0 aliphatic carbocycles. The Morgan fingerprint density at radius 2 is 1.77 bits per heavy atom. The number of unbranched alkanes of at least 4 members (excludes halogenated alkanes) is 1. The molecule has 0 rings (SSSR count). The quantitative estimate of drug-likeness (QED) is 0.520. The lowest BCUT2D eigenvalue weighted by molar-refractivity contribution is 0.349. The van der Waals surface area contributed by atoms with Gasteiger partial charge in [0.2, 0.25) is 0 Å². The molecule has 0 spiro atoms. The molecule has 0 aromatic heterocycles. The SMILES string of the molecule is CCCCC(CC)CC(C)C(C)Cl. The molecule has 0 aliphatic heterocycles. The van der Waals surface area contributed by atoms with E-state index in [9.17, 15) is 0 Å². The summed E-state index contributed by atoms with van der Waals surface area (Å²) in [6, 6.07) is 0. The number of hydrogen-bond acceptors (Lipinski definition) is 0. The Hall–Kier alpha value is 0.290. The molecule has 0 aromatic carbocycles. The minimum absolute atomic E-state index is 0.329. The van der Waals surface area contributed by atoms with Crippen LogP contribution < -0.4 is 0 Å². The first-order chi connectivity index (χ1) is 6.11. The Morgan fingerprint density at radius 3 is 2.15 bits per heavy atom. The van der Waals surface area contributed by atoms with Crippen LogP contribution in [-0.4, -0.2) is 5.38 Å². The van der Waals surface area contributed by atoms with Gasteiger partial charge in [-0.2, -0.15) is 0 Å². The predicted octanol–water partition coefficient (Wildman–Crippen LogP) is 4.86. The first-order valence-electron chi connectivity index (χ1n) is 5.75. The lowest BCUT2D eigenvalue weighted by atomic mass is 9.88. The second kappa shape index (κ2) is 7.67. The molecule has 1 heteroatoms. The van der Waals surface area contributed by atoms with Crippen molar-refractivity contribution in [2.75, 3.05) is 0 Å². The van der Waals surface area contributed by atoms with E-state index >= 15 is 0 Å². The van der Waals surface area contributed by atoms with E-state index in [1.54, 1.807) is 0 Å². The van der Waals surface area contributed by atoms with E-state index in [0.717, 1.165) is 5.92 Å². The largest absolute Gasteiger partial charge is 0.123 e. The molecule has 0 amide bonds. The lowest BCUT2D eigenvalue weighted by Crippen LogP contribution is -2.12. The summed E-state index contributed by atoms with van der Waals surface area (Å²) in [5.74, 6) is 1.57. The van der Waals surface area contributed by atoms with Crippen LogP contribution in [0.5, 0.6) is 0 Å². The van der Waals surface area contributed by atoms with Crippen LogP contribution in [0.25, 0.3) is 0 Å². The Balaban J connectivity index is 3.69. The molecule has 3 atom stereocenters. The number of hydrogen-bond donors (Lipinski definition) is 0. The highest BCUT2D eigenvalue weighted by molar-refractivity contribution is 6.20. The lowest BCUT2D eigenvalue weighted by Gasteiger charge is -2.21. The molecule has 0 aliphatic rings. The molecule has 0 radical (unpaired) electrons. The molecule has 0 fully saturated rings. The van der Waals surface area contributed by atoms with E-state index in [2.05, 4.69) is 27.7 Å². The number of alkyl halides is 1. The summed E-state index contributed by atoms with van der Waals surface area (Å²) in [5, 5.41) is 0.329. The maximum atomic E-state index is 6.06. The fraction of sp³-hybridized carbons (Fsp3) is 1.00. The Morgan fingerprint density at radius 1 is 1.15 bits per heavy atom. The van der Waals surface area contributed by atoms with E-state index < -0.39 is 0 Å². The summed E-state index contributed by atoms with van der Waals surface area (Å²) in [7, 11) is 0. The van der Waals surface area contributed by atoms with Gasteiger partial charge in [-0.05, 0) is 25.2 Å². The minimum Gasteiger partial charge on any atom is -0.123 e. The van der Waals surface area contributed by atoms with Gasteiger partial charge in [0, 0.05) is 5.38 Å². The van der Waals surface area contributed by atoms with Crippen molar-refractivity contribution >= 4 is 11.6 Å². The van der Waals surface area contributed by atoms with Gasteiger partial charge in [0.05, 0.1) is 0 Å². The van der Waals surface area contributed by atoms with Gasteiger partial charge in [0.15, 0.2) is 0 Å². The summed E-state index contributed by atoms with van der Waals surface area (Å²) in [6.45, 7) is 8.94. The van der Waals surface area contributed by atoms with Gasteiger partial charge < -0.3 is 0 Å². The normalized spacial score (nSPS) is 18.2. The van der Waals surface area contributed by atoms with Gasteiger partial charge in [0.1, 0.15) is 0 Å². The smallest absolute Gasteiger partial charge is 0.0333 e. The highest BCUT2D eigenvalue weighted by Gasteiger charge is 2.14. The van der Waals surface area contributed by atoms with Crippen molar-refractivity contribution in [3.63, 3.8) is 0 Å². The summed E-state index contributed by atoms with van der Waals surface area (Å²) in [6.07, 6.45) is 6.71. The molecule has 0 bridgehead atoms. The summed E-state index contributed by atoms with van der Waals surface area (Å²) >= 11 is 6.06. The van der Waals surface area contributed by atoms with Crippen LogP contribution in [0.3, 0.4) is 0 Å². The molecular weight excluding hydrogens is 180 g/mol. The number of rotatable bonds is 7. The van der Waals surface area contributed by atoms with E-state index in [-0.39, 0.29) is 0 Å². The summed E-state index contributed by atoms with van der Waals surface area (Å²) in [5.41, 5.74) is 0. The van der Waals surface area contributed by atoms with Crippen molar-refractivity contribution in [1.29, 1.82) is 0 Å². The molecule has 80 valence electrons. The molecule has 3 unspecified atom stereocenters. The maximum absolute atomic E-state index is 6.06. The standard InChI is InChI=1S/C12H25Cl/c1-5-7-8-12(6-2)9-10(3)11(4)13/h10-12H,5-9H2,1-4H3.